The Morgan fingerprint density at radius 2 is 2.05 bits per heavy atom. The summed E-state index contributed by atoms with van der Waals surface area (Å²) >= 11 is 7.82. The van der Waals surface area contributed by atoms with E-state index in [4.69, 9.17) is 22.1 Å². The summed E-state index contributed by atoms with van der Waals surface area (Å²) in [6, 6.07) is 13.7. The molecule has 2 N–H and O–H groups in total. The van der Waals surface area contributed by atoms with Crippen LogP contribution in [-0.4, -0.2) is 12.4 Å². The zero-order valence-electron chi connectivity index (χ0n) is 11.4. The number of aryl methyl sites for hydroxylation is 1. The smallest absolute Gasteiger partial charge is 0.119 e. The molecule has 0 heterocycles. The average molecular weight is 308 g/mol. The number of nitrogens with two attached hydrogens (primary N) is 1. The lowest BCUT2D eigenvalue weighted by molar-refractivity contribution is 0.318. The third-order valence-electron chi connectivity index (χ3n) is 2.76. The fourth-order valence-electron chi connectivity index (χ4n) is 1.77. The molecule has 0 bridgehead atoms. The van der Waals surface area contributed by atoms with Crippen molar-refractivity contribution in [3.05, 3.63) is 53.1 Å². The van der Waals surface area contributed by atoms with Crippen molar-refractivity contribution in [3.63, 3.8) is 0 Å². The predicted molar refractivity (Wildman–Crippen MR) is 87.9 cm³/mol. The first-order valence-corrected chi connectivity index (χ1v) is 7.89. The molecule has 2 aromatic carbocycles. The van der Waals surface area contributed by atoms with Crippen molar-refractivity contribution >= 4 is 29.1 Å². The van der Waals surface area contributed by atoms with Crippen LogP contribution in [0, 0.1) is 6.92 Å². The van der Waals surface area contributed by atoms with E-state index >= 15 is 0 Å². The lowest BCUT2D eigenvalue weighted by atomic mass is 10.2. The fourth-order valence-corrected chi connectivity index (χ4v) is 2.96. The van der Waals surface area contributed by atoms with Crippen molar-refractivity contribution in [1.82, 2.24) is 0 Å². The van der Waals surface area contributed by atoms with Crippen LogP contribution in [0.1, 0.15) is 12.0 Å². The van der Waals surface area contributed by atoms with E-state index in [0.29, 0.717) is 6.61 Å². The number of thioether (sulfide) groups is 1. The Hall–Kier alpha value is -1.32. The summed E-state index contributed by atoms with van der Waals surface area (Å²) in [5, 5.41) is 0.754. The van der Waals surface area contributed by atoms with Crippen molar-refractivity contribution in [3.8, 4) is 5.75 Å². The van der Waals surface area contributed by atoms with Crippen LogP contribution in [0.3, 0.4) is 0 Å². The van der Waals surface area contributed by atoms with Crippen molar-refractivity contribution in [2.24, 2.45) is 0 Å². The second-order valence-electron chi connectivity index (χ2n) is 4.56. The van der Waals surface area contributed by atoms with Crippen LogP contribution < -0.4 is 10.5 Å². The summed E-state index contributed by atoms with van der Waals surface area (Å²) < 4.78 is 5.71. The van der Waals surface area contributed by atoms with E-state index in [9.17, 15) is 0 Å². The van der Waals surface area contributed by atoms with Gasteiger partial charge in [0.2, 0.25) is 0 Å². The van der Waals surface area contributed by atoms with E-state index in [1.54, 1.807) is 11.8 Å². The summed E-state index contributed by atoms with van der Waals surface area (Å²) in [5.74, 6) is 1.88. The van der Waals surface area contributed by atoms with Gasteiger partial charge in [-0.1, -0.05) is 23.7 Å². The summed E-state index contributed by atoms with van der Waals surface area (Å²) in [5.41, 5.74) is 7.71. The molecule has 2 nitrogen and oxygen atoms in total. The van der Waals surface area contributed by atoms with Gasteiger partial charge in [-0.2, -0.15) is 0 Å². The van der Waals surface area contributed by atoms with Crippen molar-refractivity contribution in [2.45, 2.75) is 18.2 Å². The van der Waals surface area contributed by atoms with Gasteiger partial charge in [-0.25, -0.2) is 0 Å². The van der Waals surface area contributed by atoms with Crippen LogP contribution in [-0.2, 0) is 0 Å². The molecular formula is C16H18ClNOS. The number of benzene rings is 2. The van der Waals surface area contributed by atoms with Crippen LogP contribution in [0.4, 0.5) is 5.69 Å². The van der Waals surface area contributed by atoms with Crippen molar-refractivity contribution in [1.29, 1.82) is 0 Å². The Balaban J connectivity index is 1.73. The average Bonchev–Trinajstić information content (AvgIpc) is 2.42. The van der Waals surface area contributed by atoms with Crippen LogP contribution in [0.15, 0.2) is 47.4 Å². The number of hydrogen-bond donors (Lipinski definition) is 1. The topological polar surface area (TPSA) is 35.2 Å². The molecule has 0 aliphatic carbocycles. The van der Waals surface area contributed by atoms with Crippen LogP contribution in [0.5, 0.6) is 5.75 Å². The van der Waals surface area contributed by atoms with Crippen LogP contribution in [0.2, 0.25) is 5.02 Å². The molecule has 0 fully saturated rings. The minimum absolute atomic E-state index is 0.705. The van der Waals surface area contributed by atoms with E-state index in [2.05, 4.69) is 13.0 Å². The quantitative estimate of drug-likeness (QED) is 0.473. The maximum Gasteiger partial charge on any atom is 0.119 e. The number of nitrogen functional groups attached to an aromatic ring is 1. The molecule has 0 saturated carbocycles. The standard InChI is InChI=1S/C16H18ClNOS/c1-12-4-2-5-14(10-12)19-8-3-9-20-16-11-13(18)6-7-15(16)17/h2,4-7,10-11H,3,8-9,18H2,1H3. The minimum Gasteiger partial charge on any atom is -0.494 e. The van der Waals surface area contributed by atoms with Gasteiger partial charge in [0.1, 0.15) is 5.75 Å². The van der Waals surface area contributed by atoms with E-state index in [-0.39, 0.29) is 0 Å². The molecular weight excluding hydrogens is 290 g/mol. The Morgan fingerprint density at radius 1 is 1.20 bits per heavy atom. The van der Waals surface area contributed by atoms with Gasteiger partial charge < -0.3 is 10.5 Å². The van der Waals surface area contributed by atoms with Gasteiger partial charge in [0.25, 0.3) is 0 Å². The molecule has 0 saturated heterocycles. The minimum atomic E-state index is 0.705. The Labute approximate surface area is 129 Å². The molecule has 0 aromatic heterocycles. The zero-order chi connectivity index (χ0) is 14.4. The molecule has 4 heteroatoms. The summed E-state index contributed by atoms with van der Waals surface area (Å²) in [4.78, 5) is 1.03. The normalized spacial score (nSPS) is 10.5. The largest absolute Gasteiger partial charge is 0.494 e. The Bertz CT molecular complexity index is 574. The fraction of sp³-hybridized carbons (Fsp3) is 0.250. The van der Waals surface area contributed by atoms with Gasteiger partial charge in [0, 0.05) is 16.3 Å². The first kappa shape index (κ1) is 15.1. The van der Waals surface area contributed by atoms with E-state index in [1.165, 1.54) is 5.56 Å². The third kappa shape index (κ3) is 4.66. The highest BCUT2D eigenvalue weighted by Crippen LogP contribution is 2.29. The number of anilines is 1. The highest BCUT2D eigenvalue weighted by Gasteiger charge is 2.02. The number of ether oxygens (including phenoxy) is 1. The van der Waals surface area contributed by atoms with Crippen LogP contribution >= 0.6 is 23.4 Å². The molecule has 2 rings (SSSR count). The van der Waals surface area contributed by atoms with Gasteiger partial charge in [0.05, 0.1) is 11.6 Å². The highest BCUT2D eigenvalue weighted by molar-refractivity contribution is 7.99. The highest BCUT2D eigenvalue weighted by atomic mass is 35.5. The van der Waals surface area contributed by atoms with Crippen molar-refractivity contribution in [2.75, 3.05) is 18.1 Å². The van der Waals surface area contributed by atoms with Gasteiger partial charge >= 0.3 is 0 Å². The zero-order valence-corrected chi connectivity index (χ0v) is 13.0. The lowest BCUT2D eigenvalue weighted by Gasteiger charge is -2.08. The summed E-state index contributed by atoms with van der Waals surface area (Å²) in [6.07, 6.45) is 0.962. The number of halogens is 1. The molecule has 0 radical (unpaired) electrons. The first-order chi connectivity index (χ1) is 9.65. The monoisotopic (exact) mass is 307 g/mol. The molecule has 20 heavy (non-hydrogen) atoms. The predicted octanol–water partition coefficient (Wildman–Crippen LogP) is 4.79. The molecule has 0 amide bonds. The Morgan fingerprint density at radius 3 is 2.85 bits per heavy atom. The van der Waals surface area contributed by atoms with Crippen LogP contribution in [0.25, 0.3) is 0 Å². The molecule has 0 aliphatic heterocycles. The van der Waals surface area contributed by atoms with E-state index in [1.807, 2.05) is 36.4 Å². The Kier molecular flexibility index (Phi) is 5.62. The SMILES string of the molecule is Cc1cccc(OCCCSc2cc(N)ccc2Cl)c1. The first-order valence-electron chi connectivity index (χ1n) is 6.52. The third-order valence-corrected chi connectivity index (χ3v) is 4.34. The van der Waals surface area contributed by atoms with E-state index in [0.717, 1.165) is 33.5 Å². The molecule has 0 aliphatic rings. The molecule has 0 atom stereocenters. The van der Waals surface area contributed by atoms with Gasteiger partial charge in [0.15, 0.2) is 0 Å². The van der Waals surface area contributed by atoms with Gasteiger partial charge in [-0.05, 0) is 49.2 Å². The molecule has 0 unspecified atom stereocenters. The second kappa shape index (κ2) is 7.46. The van der Waals surface area contributed by atoms with Crippen molar-refractivity contribution < 1.29 is 4.74 Å². The molecule has 106 valence electrons. The number of hydrogen-bond acceptors (Lipinski definition) is 3. The maximum atomic E-state index is 6.11. The maximum absolute atomic E-state index is 6.11. The van der Waals surface area contributed by atoms with Gasteiger partial charge in [-0.3, -0.25) is 0 Å². The molecule has 0 spiro atoms. The van der Waals surface area contributed by atoms with Gasteiger partial charge in [-0.15, -0.1) is 11.8 Å². The molecule has 2 aromatic rings. The summed E-state index contributed by atoms with van der Waals surface area (Å²) in [7, 11) is 0. The lowest BCUT2D eigenvalue weighted by Crippen LogP contribution is -1.99. The van der Waals surface area contributed by atoms with E-state index < -0.39 is 0 Å². The number of rotatable bonds is 6. The summed E-state index contributed by atoms with van der Waals surface area (Å²) in [6.45, 7) is 2.76. The second-order valence-corrected chi connectivity index (χ2v) is 6.10.